The lowest BCUT2D eigenvalue weighted by Crippen LogP contribution is -2.18. The van der Waals surface area contributed by atoms with Crippen LogP contribution in [0.1, 0.15) is 5.56 Å². The molecule has 1 aromatic heterocycles. The number of alkyl halides is 4. The highest BCUT2D eigenvalue weighted by Crippen LogP contribution is 2.35. The second-order valence-electron chi connectivity index (χ2n) is 2.92. The lowest BCUT2D eigenvalue weighted by Gasteiger charge is -2.10. The van der Waals surface area contributed by atoms with Crippen LogP contribution in [0.3, 0.4) is 0 Å². The highest BCUT2D eigenvalue weighted by atomic mass is 35.5. The van der Waals surface area contributed by atoms with Crippen molar-refractivity contribution in [1.29, 1.82) is 0 Å². The van der Waals surface area contributed by atoms with Crippen molar-refractivity contribution in [3.05, 3.63) is 21.7 Å². The maximum Gasteiger partial charge on any atom is 0.573 e. The van der Waals surface area contributed by atoms with Crippen LogP contribution in [-0.2, 0) is 5.88 Å². The van der Waals surface area contributed by atoms with Gasteiger partial charge in [-0.15, -0.1) is 24.8 Å². The average Bonchev–Trinajstić information content (AvgIpc) is 2.25. The third kappa shape index (κ3) is 3.36. The Balaban J connectivity index is 3.30. The number of nitrogens with zero attached hydrogens (tertiary/aromatic N) is 2. The quantitative estimate of drug-likeness (QED) is 0.483. The molecule has 100 valence electrons. The molecule has 1 rings (SSSR count). The predicted molar refractivity (Wildman–Crippen MR) is 53.7 cm³/mol. The fourth-order valence-corrected chi connectivity index (χ4v) is 1.30. The normalized spacial score (nSPS) is 11.2. The smallest absolute Gasteiger partial charge is 0.460 e. The molecule has 0 aliphatic heterocycles. The highest BCUT2D eigenvalue weighted by Gasteiger charge is 2.35. The molecular weight excluding hydrogens is 281 g/mol. The van der Waals surface area contributed by atoms with Gasteiger partial charge in [-0.25, -0.2) is 0 Å². The van der Waals surface area contributed by atoms with Gasteiger partial charge in [0.25, 0.3) is 0 Å². The first-order valence-corrected chi connectivity index (χ1v) is 4.86. The lowest BCUT2D eigenvalue weighted by atomic mass is 10.2. The molecule has 0 spiro atoms. The summed E-state index contributed by atoms with van der Waals surface area (Å²) in [6.07, 6.45) is -4.96. The number of rotatable bonds is 4. The Morgan fingerprint density at radius 3 is 2.56 bits per heavy atom. The van der Waals surface area contributed by atoms with E-state index in [-0.39, 0.29) is 11.4 Å². The van der Waals surface area contributed by atoms with Gasteiger partial charge in [-0.05, 0) is 4.92 Å². The Hall–Kier alpha value is -1.77. The van der Waals surface area contributed by atoms with Crippen LogP contribution in [0.25, 0.3) is 0 Å². The topological polar surface area (TPSA) is 74.5 Å². The Kier molecular flexibility index (Phi) is 4.17. The van der Waals surface area contributed by atoms with Crippen molar-refractivity contribution in [2.24, 2.45) is 0 Å². The van der Waals surface area contributed by atoms with Crippen LogP contribution in [0.2, 0.25) is 0 Å². The van der Waals surface area contributed by atoms with Crippen molar-refractivity contribution in [1.82, 2.24) is 4.98 Å². The summed E-state index contributed by atoms with van der Waals surface area (Å²) in [7, 11) is 1.01. The maximum absolute atomic E-state index is 12.1. The van der Waals surface area contributed by atoms with Crippen LogP contribution >= 0.6 is 11.6 Å². The van der Waals surface area contributed by atoms with E-state index >= 15 is 0 Å². The second kappa shape index (κ2) is 5.25. The summed E-state index contributed by atoms with van der Waals surface area (Å²) in [5.41, 5.74) is -0.207. The first-order valence-electron chi connectivity index (χ1n) is 4.32. The minimum absolute atomic E-state index is 0.207. The summed E-state index contributed by atoms with van der Waals surface area (Å²) in [6, 6.07) is 0.768. The van der Waals surface area contributed by atoms with Gasteiger partial charge in [-0.2, -0.15) is 0 Å². The van der Waals surface area contributed by atoms with Crippen LogP contribution in [0, 0.1) is 10.1 Å². The van der Waals surface area contributed by atoms with Gasteiger partial charge in [0.15, 0.2) is 0 Å². The predicted octanol–water partition coefficient (Wildman–Crippen LogP) is 2.64. The standard InChI is InChI=1S/C8H6ClF3N2O4/c1-17-7-5(18-8(10,11)12)2-4(3-9)6(13-7)14(15)16/h2H,3H2,1H3. The zero-order chi connectivity index (χ0) is 13.9. The first-order chi connectivity index (χ1) is 8.28. The van der Waals surface area contributed by atoms with E-state index in [1.165, 1.54) is 0 Å². The van der Waals surface area contributed by atoms with Crippen molar-refractivity contribution in [3.8, 4) is 11.6 Å². The van der Waals surface area contributed by atoms with Gasteiger partial charge >= 0.3 is 18.1 Å². The van der Waals surface area contributed by atoms with E-state index in [9.17, 15) is 23.3 Å². The maximum atomic E-state index is 12.1. The number of nitro groups is 1. The number of pyridine rings is 1. The summed E-state index contributed by atoms with van der Waals surface area (Å²) >= 11 is 5.39. The average molecular weight is 287 g/mol. The number of ether oxygens (including phenoxy) is 2. The molecule has 0 radical (unpaired) electrons. The molecule has 0 N–H and O–H groups in total. The van der Waals surface area contributed by atoms with E-state index in [2.05, 4.69) is 14.5 Å². The summed E-state index contributed by atoms with van der Waals surface area (Å²) in [5, 5.41) is 10.6. The molecule has 0 saturated heterocycles. The van der Waals surface area contributed by atoms with E-state index in [1.54, 1.807) is 0 Å². The Morgan fingerprint density at radius 1 is 1.56 bits per heavy atom. The number of hydrogen-bond donors (Lipinski definition) is 0. The van der Waals surface area contributed by atoms with Gasteiger partial charge < -0.3 is 19.6 Å². The molecule has 0 amide bonds. The van der Waals surface area contributed by atoms with Crippen LogP contribution in [0.4, 0.5) is 19.0 Å². The molecule has 0 aliphatic carbocycles. The van der Waals surface area contributed by atoms with Gasteiger partial charge in [-0.1, -0.05) is 0 Å². The summed E-state index contributed by atoms with van der Waals surface area (Å²) in [4.78, 5) is 13.0. The Bertz CT molecular complexity index is 466. The van der Waals surface area contributed by atoms with Crippen LogP contribution in [-0.4, -0.2) is 23.4 Å². The molecule has 10 heteroatoms. The van der Waals surface area contributed by atoms with Crippen molar-refractivity contribution >= 4 is 17.4 Å². The Morgan fingerprint density at radius 2 is 2.17 bits per heavy atom. The molecule has 0 aliphatic rings. The van der Waals surface area contributed by atoms with Crippen molar-refractivity contribution in [3.63, 3.8) is 0 Å². The van der Waals surface area contributed by atoms with Gasteiger partial charge in [0.1, 0.15) is 0 Å². The number of aromatic nitrogens is 1. The highest BCUT2D eigenvalue weighted by molar-refractivity contribution is 6.17. The fraction of sp³-hybridized carbons (Fsp3) is 0.375. The molecule has 0 bridgehead atoms. The molecule has 0 unspecified atom stereocenters. The molecule has 0 saturated carbocycles. The van der Waals surface area contributed by atoms with Gasteiger partial charge in [0, 0.05) is 11.1 Å². The largest absolute Gasteiger partial charge is 0.573 e. The SMILES string of the molecule is COc1nc([N+](=O)[O-])c(CCl)cc1OC(F)(F)F. The molecule has 0 atom stereocenters. The zero-order valence-electron chi connectivity index (χ0n) is 8.82. The lowest BCUT2D eigenvalue weighted by molar-refractivity contribution is -0.390. The summed E-state index contributed by atoms with van der Waals surface area (Å²) in [6.45, 7) is 0. The number of hydrogen-bond acceptors (Lipinski definition) is 5. The van der Waals surface area contributed by atoms with Gasteiger partial charge in [0.2, 0.25) is 5.75 Å². The molecular formula is C8H6ClF3N2O4. The molecule has 1 heterocycles. The van der Waals surface area contributed by atoms with Gasteiger partial charge in [0.05, 0.1) is 18.6 Å². The fourth-order valence-electron chi connectivity index (χ4n) is 1.11. The third-order valence-electron chi connectivity index (χ3n) is 1.75. The molecule has 18 heavy (non-hydrogen) atoms. The number of methoxy groups -OCH3 is 1. The van der Waals surface area contributed by atoms with E-state index in [0.29, 0.717) is 0 Å². The van der Waals surface area contributed by atoms with Crippen molar-refractivity contribution in [2.45, 2.75) is 12.2 Å². The summed E-state index contributed by atoms with van der Waals surface area (Å²) < 4.78 is 44.4. The van der Waals surface area contributed by atoms with E-state index in [1.807, 2.05) is 0 Å². The molecule has 1 aromatic rings. The van der Waals surface area contributed by atoms with Crippen molar-refractivity contribution in [2.75, 3.05) is 7.11 Å². The van der Waals surface area contributed by atoms with E-state index in [4.69, 9.17) is 11.6 Å². The van der Waals surface area contributed by atoms with Crippen molar-refractivity contribution < 1.29 is 27.6 Å². The zero-order valence-corrected chi connectivity index (χ0v) is 9.58. The monoisotopic (exact) mass is 286 g/mol. The Labute approximate surface area is 103 Å². The molecule has 0 fully saturated rings. The minimum Gasteiger partial charge on any atom is -0.460 e. The van der Waals surface area contributed by atoms with Gasteiger partial charge in [-0.3, -0.25) is 0 Å². The number of halogens is 4. The van der Waals surface area contributed by atoms with E-state index in [0.717, 1.165) is 13.2 Å². The van der Waals surface area contributed by atoms with E-state index < -0.39 is 28.7 Å². The molecule has 0 aromatic carbocycles. The summed E-state index contributed by atoms with van der Waals surface area (Å²) in [5.74, 6) is -2.50. The molecule has 6 nitrogen and oxygen atoms in total. The van der Waals surface area contributed by atoms with Crippen LogP contribution in [0.15, 0.2) is 6.07 Å². The van der Waals surface area contributed by atoms with Crippen LogP contribution < -0.4 is 9.47 Å². The third-order valence-corrected chi connectivity index (χ3v) is 2.03. The minimum atomic E-state index is -4.96. The second-order valence-corrected chi connectivity index (χ2v) is 3.18. The first kappa shape index (κ1) is 14.3. The van der Waals surface area contributed by atoms with Crippen LogP contribution in [0.5, 0.6) is 11.6 Å².